The second-order valence-electron chi connectivity index (χ2n) is 6.21. The molecule has 0 bridgehead atoms. The van der Waals surface area contributed by atoms with Crippen LogP contribution in [0.25, 0.3) is 0 Å². The molecule has 1 aliphatic rings. The molecule has 0 aromatic heterocycles. The maximum atomic E-state index is 10.0. The molecule has 1 saturated carbocycles. The molecular weight excluding hydrogens is 330 g/mol. The topological polar surface area (TPSA) is 41.5 Å². The van der Waals surface area contributed by atoms with Crippen molar-refractivity contribution in [1.29, 1.82) is 0 Å². The molecule has 0 amide bonds. The minimum Gasteiger partial charge on any atom is -0.389 e. The number of anilines is 1. The number of hydrogen-bond donors (Lipinski definition) is 2. The molecule has 0 radical (unpaired) electrons. The fourth-order valence-electron chi connectivity index (χ4n) is 2.64. The van der Waals surface area contributed by atoms with Crippen molar-refractivity contribution in [3.05, 3.63) is 28.2 Å². The lowest BCUT2D eigenvalue weighted by molar-refractivity contribution is -0.0245. The zero-order valence-corrected chi connectivity index (χ0v) is 14.5. The van der Waals surface area contributed by atoms with Crippen LogP contribution in [-0.4, -0.2) is 30.5 Å². The molecule has 0 spiro atoms. The van der Waals surface area contributed by atoms with Crippen LogP contribution in [0.4, 0.5) is 5.69 Å². The molecule has 1 unspecified atom stereocenters. The molecule has 0 aliphatic heterocycles. The third-order valence-corrected chi connectivity index (χ3v) is 5.06. The maximum Gasteiger partial charge on any atom is 0.0945 e. The summed E-state index contributed by atoms with van der Waals surface area (Å²) in [6.45, 7) is 5.29. The molecule has 1 aromatic rings. The molecule has 21 heavy (non-hydrogen) atoms. The first-order chi connectivity index (χ1) is 10.0. The fourth-order valence-corrected chi connectivity index (χ4v) is 3.02. The molecule has 1 fully saturated rings. The van der Waals surface area contributed by atoms with Gasteiger partial charge in [0.2, 0.25) is 0 Å². The monoisotopic (exact) mass is 355 g/mol. The molecule has 0 heterocycles. The van der Waals surface area contributed by atoms with Gasteiger partial charge in [0.25, 0.3) is 0 Å². The normalized spacial score (nSPS) is 23.8. The second kappa shape index (κ2) is 8.16. The Morgan fingerprint density at radius 3 is 2.71 bits per heavy atom. The molecule has 1 aliphatic carbocycles. The predicted molar refractivity (Wildman–Crippen MR) is 90.7 cm³/mol. The summed E-state index contributed by atoms with van der Waals surface area (Å²) in [4.78, 5) is 0. The molecule has 118 valence electrons. The van der Waals surface area contributed by atoms with E-state index in [0.29, 0.717) is 19.3 Å². The largest absolute Gasteiger partial charge is 0.389 e. The zero-order valence-electron chi connectivity index (χ0n) is 12.9. The van der Waals surface area contributed by atoms with Crippen LogP contribution in [0.5, 0.6) is 0 Å². The summed E-state index contributed by atoms with van der Waals surface area (Å²) < 4.78 is 6.90. The SMILES string of the molecule is Cc1ccc(NCC(O)COC2CCC(C)CC2)cc1Br. The lowest BCUT2D eigenvalue weighted by atomic mass is 9.89. The number of halogens is 1. The van der Waals surface area contributed by atoms with Crippen molar-refractivity contribution in [3.8, 4) is 0 Å². The lowest BCUT2D eigenvalue weighted by Gasteiger charge is -2.27. The standard InChI is InChI=1S/C17H26BrNO2/c1-12-3-7-16(8-4-12)21-11-15(20)10-19-14-6-5-13(2)17(18)9-14/h5-6,9,12,15-16,19-20H,3-4,7-8,10-11H2,1-2H3. The first-order valence-corrected chi connectivity index (χ1v) is 8.63. The Balaban J connectivity index is 1.67. The zero-order chi connectivity index (χ0) is 15.2. The first-order valence-electron chi connectivity index (χ1n) is 7.84. The van der Waals surface area contributed by atoms with Crippen LogP contribution in [0, 0.1) is 12.8 Å². The number of ether oxygens (including phenoxy) is 1. The number of aliphatic hydroxyl groups excluding tert-OH is 1. The third kappa shape index (κ3) is 5.61. The van der Waals surface area contributed by atoms with E-state index in [1.165, 1.54) is 18.4 Å². The Bertz CT molecular complexity index is 444. The summed E-state index contributed by atoms with van der Waals surface area (Å²) in [6, 6.07) is 6.11. The Kier molecular flexibility index (Phi) is 6.52. The number of benzene rings is 1. The van der Waals surface area contributed by atoms with Gasteiger partial charge in [0.1, 0.15) is 0 Å². The average Bonchev–Trinajstić information content (AvgIpc) is 2.48. The van der Waals surface area contributed by atoms with E-state index in [4.69, 9.17) is 4.74 Å². The molecule has 3 nitrogen and oxygen atoms in total. The summed E-state index contributed by atoms with van der Waals surface area (Å²) in [7, 11) is 0. The van der Waals surface area contributed by atoms with Gasteiger partial charge < -0.3 is 15.2 Å². The van der Waals surface area contributed by atoms with Gasteiger partial charge in [-0.1, -0.05) is 28.9 Å². The van der Waals surface area contributed by atoms with Crippen molar-refractivity contribution in [2.45, 2.75) is 51.7 Å². The van der Waals surface area contributed by atoms with Crippen LogP contribution in [0.15, 0.2) is 22.7 Å². The van der Waals surface area contributed by atoms with E-state index < -0.39 is 6.10 Å². The van der Waals surface area contributed by atoms with E-state index in [2.05, 4.69) is 41.2 Å². The maximum absolute atomic E-state index is 10.0. The third-order valence-electron chi connectivity index (χ3n) is 4.20. The van der Waals surface area contributed by atoms with Gasteiger partial charge >= 0.3 is 0 Å². The smallest absolute Gasteiger partial charge is 0.0945 e. The van der Waals surface area contributed by atoms with Gasteiger partial charge in [-0.3, -0.25) is 0 Å². The quantitative estimate of drug-likeness (QED) is 0.806. The van der Waals surface area contributed by atoms with Crippen molar-refractivity contribution in [2.24, 2.45) is 5.92 Å². The van der Waals surface area contributed by atoms with Crippen molar-refractivity contribution in [2.75, 3.05) is 18.5 Å². The number of aliphatic hydroxyl groups is 1. The predicted octanol–water partition coefficient (Wildman–Crippen LogP) is 4.13. The van der Waals surface area contributed by atoms with Gasteiger partial charge in [0.05, 0.1) is 18.8 Å². The van der Waals surface area contributed by atoms with Gasteiger partial charge in [-0.05, 0) is 56.2 Å². The van der Waals surface area contributed by atoms with Crippen LogP contribution in [0.1, 0.15) is 38.2 Å². The van der Waals surface area contributed by atoms with Gasteiger partial charge in [-0.25, -0.2) is 0 Å². The summed E-state index contributed by atoms with van der Waals surface area (Å²) in [5.74, 6) is 0.830. The highest BCUT2D eigenvalue weighted by Gasteiger charge is 2.19. The van der Waals surface area contributed by atoms with Crippen LogP contribution in [0.3, 0.4) is 0 Å². The average molecular weight is 356 g/mol. The second-order valence-corrected chi connectivity index (χ2v) is 7.07. The summed E-state index contributed by atoms with van der Waals surface area (Å²) in [5.41, 5.74) is 2.22. The summed E-state index contributed by atoms with van der Waals surface area (Å²) in [5, 5.41) is 13.3. The van der Waals surface area contributed by atoms with Crippen LogP contribution >= 0.6 is 15.9 Å². The van der Waals surface area contributed by atoms with E-state index in [1.54, 1.807) is 0 Å². The van der Waals surface area contributed by atoms with E-state index >= 15 is 0 Å². The Hall–Kier alpha value is -0.580. The molecule has 2 rings (SSSR count). The number of hydrogen-bond acceptors (Lipinski definition) is 3. The first kappa shape index (κ1) is 16.8. The van der Waals surface area contributed by atoms with Gasteiger partial charge in [-0.15, -0.1) is 0 Å². The molecule has 4 heteroatoms. The van der Waals surface area contributed by atoms with Crippen LogP contribution in [0.2, 0.25) is 0 Å². The van der Waals surface area contributed by atoms with E-state index in [9.17, 15) is 5.11 Å². The summed E-state index contributed by atoms with van der Waals surface area (Å²) >= 11 is 3.51. The fraction of sp³-hybridized carbons (Fsp3) is 0.647. The Morgan fingerprint density at radius 2 is 2.05 bits per heavy atom. The van der Waals surface area contributed by atoms with Gasteiger partial charge in [-0.2, -0.15) is 0 Å². The van der Waals surface area contributed by atoms with E-state index in [0.717, 1.165) is 28.9 Å². The molecular formula is C17H26BrNO2. The Labute approximate surface area is 136 Å². The van der Waals surface area contributed by atoms with Crippen molar-refractivity contribution in [1.82, 2.24) is 0 Å². The lowest BCUT2D eigenvalue weighted by Crippen LogP contribution is -2.29. The van der Waals surface area contributed by atoms with Crippen molar-refractivity contribution in [3.63, 3.8) is 0 Å². The van der Waals surface area contributed by atoms with Crippen molar-refractivity contribution < 1.29 is 9.84 Å². The number of aryl methyl sites for hydroxylation is 1. The van der Waals surface area contributed by atoms with E-state index in [-0.39, 0.29) is 0 Å². The van der Waals surface area contributed by atoms with Crippen LogP contribution < -0.4 is 5.32 Å². The molecule has 1 atom stereocenters. The highest BCUT2D eigenvalue weighted by Crippen LogP contribution is 2.25. The molecule has 2 N–H and O–H groups in total. The van der Waals surface area contributed by atoms with Crippen LogP contribution in [-0.2, 0) is 4.74 Å². The van der Waals surface area contributed by atoms with Gasteiger partial charge in [0, 0.05) is 16.7 Å². The minimum atomic E-state index is -0.468. The van der Waals surface area contributed by atoms with E-state index in [1.807, 2.05) is 12.1 Å². The highest BCUT2D eigenvalue weighted by molar-refractivity contribution is 9.10. The Morgan fingerprint density at radius 1 is 1.33 bits per heavy atom. The summed E-state index contributed by atoms with van der Waals surface area (Å²) in [6.07, 6.45) is 4.62. The minimum absolute atomic E-state index is 0.337. The molecule has 1 aromatic carbocycles. The highest BCUT2D eigenvalue weighted by atomic mass is 79.9. The van der Waals surface area contributed by atoms with Gasteiger partial charge in [0.15, 0.2) is 0 Å². The van der Waals surface area contributed by atoms with Crippen molar-refractivity contribution >= 4 is 21.6 Å². The number of nitrogens with one attached hydrogen (secondary N) is 1. The molecule has 0 saturated heterocycles. The number of rotatable bonds is 6.